The molecule has 1 aromatic rings. The van der Waals surface area contributed by atoms with Crippen LogP contribution >= 0.6 is 12.4 Å². The first-order valence-electron chi connectivity index (χ1n) is 6.13. The Hall–Kier alpha value is -0.830. The maximum absolute atomic E-state index is 12.7. The number of alkyl halides is 3. The number of halogens is 4. The van der Waals surface area contributed by atoms with Crippen molar-refractivity contribution in [3.63, 3.8) is 0 Å². The van der Waals surface area contributed by atoms with Crippen molar-refractivity contribution in [2.75, 3.05) is 19.6 Å². The molecule has 0 spiro atoms. The summed E-state index contributed by atoms with van der Waals surface area (Å²) in [5.74, 6) is 0. The number of benzene rings is 1. The smallest absolute Gasteiger partial charge is 0.314 e. The van der Waals surface area contributed by atoms with Gasteiger partial charge in [0, 0.05) is 25.7 Å². The average molecular weight is 345 g/mol. The van der Waals surface area contributed by atoms with Gasteiger partial charge in [-0.25, -0.2) is 8.42 Å². The van der Waals surface area contributed by atoms with Crippen LogP contribution in [-0.2, 0) is 16.2 Å². The second-order valence-electron chi connectivity index (χ2n) is 4.69. The van der Waals surface area contributed by atoms with Crippen LogP contribution < -0.4 is 5.32 Å². The average Bonchev–Trinajstić information content (AvgIpc) is 2.38. The van der Waals surface area contributed by atoms with Gasteiger partial charge in [0.1, 0.15) is 0 Å². The summed E-state index contributed by atoms with van der Waals surface area (Å²) in [5.41, 5.74) is -0.957. The Morgan fingerprint density at radius 1 is 1.33 bits per heavy atom. The van der Waals surface area contributed by atoms with E-state index in [1.54, 1.807) is 6.92 Å². The molecule has 0 radical (unpaired) electrons. The van der Waals surface area contributed by atoms with Crippen molar-refractivity contribution >= 4 is 22.4 Å². The summed E-state index contributed by atoms with van der Waals surface area (Å²) in [6.07, 6.45) is -4.55. The van der Waals surface area contributed by atoms with Gasteiger partial charge in [0.15, 0.2) is 0 Å². The molecular formula is C12H16ClF3N2O2S. The maximum Gasteiger partial charge on any atom is 0.416 e. The molecule has 120 valence electrons. The van der Waals surface area contributed by atoms with E-state index in [2.05, 4.69) is 5.32 Å². The van der Waals surface area contributed by atoms with E-state index in [-0.39, 0.29) is 29.9 Å². The zero-order valence-electron chi connectivity index (χ0n) is 11.2. The van der Waals surface area contributed by atoms with Crippen LogP contribution in [0.4, 0.5) is 13.2 Å². The molecule has 1 heterocycles. The van der Waals surface area contributed by atoms with Gasteiger partial charge >= 0.3 is 6.18 Å². The van der Waals surface area contributed by atoms with Crippen LogP contribution in [-0.4, -0.2) is 38.4 Å². The Kier molecular flexibility index (Phi) is 5.65. The molecular weight excluding hydrogens is 329 g/mol. The van der Waals surface area contributed by atoms with Crippen LogP contribution in [0.25, 0.3) is 0 Å². The first-order valence-corrected chi connectivity index (χ1v) is 7.57. The van der Waals surface area contributed by atoms with Gasteiger partial charge in [-0.05, 0) is 25.1 Å². The van der Waals surface area contributed by atoms with Gasteiger partial charge in [-0.1, -0.05) is 6.07 Å². The van der Waals surface area contributed by atoms with E-state index in [1.165, 1.54) is 10.4 Å². The number of hydrogen-bond acceptors (Lipinski definition) is 3. The highest BCUT2D eigenvalue weighted by molar-refractivity contribution is 7.89. The van der Waals surface area contributed by atoms with E-state index in [9.17, 15) is 21.6 Å². The fourth-order valence-electron chi connectivity index (χ4n) is 2.15. The molecule has 4 nitrogen and oxygen atoms in total. The largest absolute Gasteiger partial charge is 0.416 e. The molecule has 9 heteroatoms. The number of rotatable bonds is 2. The minimum Gasteiger partial charge on any atom is -0.314 e. The molecule has 0 aliphatic carbocycles. The van der Waals surface area contributed by atoms with Gasteiger partial charge < -0.3 is 5.32 Å². The zero-order valence-corrected chi connectivity index (χ0v) is 12.9. The molecule has 1 N–H and O–H groups in total. The number of nitrogens with one attached hydrogen (secondary N) is 1. The number of nitrogens with zero attached hydrogens (tertiary/aromatic N) is 1. The Morgan fingerprint density at radius 2 is 2.00 bits per heavy atom. The second kappa shape index (κ2) is 6.51. The van der Waals surface area contributed by atoms with Crippen LogP contribution in [0.3, 0.4) is 0 Å². The molecule has 1 aromatic carbocycles. The lowest BCUT2D eigenvalue weighted by molar-refractivity contribution is -0.137. The summed E-state index contributed by atoms with van der Waals surface area (Å²) in [5, 5.41) is 3.04. The van der Waals surface area contributed by atoms with Crippen LogP contribution in [0.1, 0.15) is 12.5 Å². The number of hydrogen-bond donors (Lipinski definition) is 1. The van der Waals surface area contributed by atoms with Crippen molar-refractivity contribution in [1.29, 1.82) is 0 Å². The minimum atomic E-state index is -4.55. The van der Waals surface area contributed by atoms with Crippen LogP contribution in [0, 0.1) is 0 Å². The van der Waals surface area contributed by atoms with Gasteiger partial charge in [-0.15, -0.1) is 12.4 Å². The van der Waals surface area contributed by atoms with Crippen molar-refractivity contribution in [1.82, 2.24) is 9.62 Å². The van der Waals surface area contributed by atoms with Crippen LogP contribution in [0.2, 0.25) is 0 Å². The maximum atomic E-state index is 12.7. The quantitative estimate of drug-likeness (QED) is 0.894. The molecule has 0 saturated carbocycles. The van der Waals surface area contributed by atoms with Crippen molar-refractivity contribution in [2.45, 2.75) is 24.0 Å². The Balaban J connectivity index is 0.00000220. The second-order valence-corrected chi connectivity index (χ2v) is 6.59. The van der Waals surface area contributed by atoms with Crippen molar-refractivity contribution in [3.05, 3.63) is 29.8 Å². The zero-order chi connectivity index (χ0) is 15.0. The van der Waals surface area contributed by atoms with Crippen LogP contribution in [0.5, 0.6) is 0 Å². The molecule has 1 aliphatic rings. The van der Waals surface area contributed by atoms with Crippen LogP contribution in [0.15, 0.2) is 29.2 Å². The standard InChI is InChI=1S/C12H15F3N2O2S.ClH/c1-9-8-16-5-6-17(9)20(18,19)11-4-2-3-10(7-11)12(13,14)15;/h2-4,7,9,16H,5-6,8H2,1H3;1H/t9-;/m0./s1. The normalized spacial score (nSPS) is 20.9. The molecule has 1 atom stereocenters. The molecule has 0 unspecified atom stereocenters. The molecule has 0 aromatic heterocycles. The van der Waals surface area contributed by atoms with Crippen molar-refractivity contribution in [2.24, 2.45) is 0 Å². The Bertz CT molecular complexity index is 592. The predicted octanol–water partition coefficient (Wildman–Crippen LogP) is 2.11. The van der Waals surface area contributed by atoms with E-state index in [0.717, 1.165) is 12.1 Å². The summed E-state index contributed by atoms with van der Waals surface area (Å²) in [7, 11) is -3.90. The van der Waals surface area contributed by atoms with Gasteiger partial charge in [0.05, 0.1) is 10.5 Å². The molecule has 1 fully saturated rings. The topological polar surface area (TPSA) is 49.4 Å². The van der Waals surface area contributed by atoms with E-state index in [4.69, 9.17) is 0 Å². The highest BCUT2D eigenvalue weighted by Gasteiger charge is 2.34. The highest BCUT2D eigenvalue weighted by atomic mass is 35.5. The highest BCUT2D eigenvalue weighted by Crippen LogP contribution is 2.31. The fraction of sp³-hybridized carbons (Fsp3) is 0.500. The number of piperazine rings is 1. The lowest BCUT2D eigenvalue weighted by atomic mass is 10.2. The molecule has 2 rings (SSSR count). The third kappa shape index (κ3) is 3.88. The first kappa shape index (κ1) is 18.2. The summed E-state index contributed by atoms with van der Waals surface area (Å²) in [6, 6.07) is 3.56. The molecule has 1 aliphatic heterocycles. The van der Waals surface area contributed by atoms with E-state index in [0.29, 0.717) is 19.2 Å². The minimum absolute atomic E-state index is 0. The lowest BCUT2D eigenvalue weighted by Gasteiger charge is -2.32. The molecule has 0 amide bonds. The van der Waals surface area contributed by atoms with E-state index >= 15 is 0 Å². The third-order valence-corrected chi connectivity index (χ3v) is 5.22. The molecule has 21 heavy (non-hydrogen) atoms. The SMILES string of the molecule is C[C@H]1CNCCN1S(=O)(=O)c1cccc(C(F)(F)F)c1.Cl. The van der Waals surface area contributed by atoms with Crippen molar-refractivity contribution < 1.29 is 21.6 Å². The van der Waals surface area contributed by atoms with E-state index in [1.807, 2.05) is 0 Å². The summed E-state index contributed by atoms with van der Waals surface area (Å²) >= 11 is 0. The van der Waals surface area contributed by atoms with Gasteiger partial charge in [-0.3, -0.25) is 0 Å². The van der Waals surface area contributed by atoms with E-state index < -0.39 is 21.8 Å². The number of sulfonamides is 1. The Labute approximate surface area is 127 Å². The third-order valence-electron chi connectivity index (χ3n) is 3.21. The fourth-order valence-corrected chi connectivity index (χ4v) is 3.82. The summed E-state index contributed by atoms with van der Waals surface area (Å²) < 4.78 is 64.0. The van der Waals surface area contributed by atoms with Crippen molar-refractivity contribution in [3.8, 4) is 0 Å². The van der Waals surface area contributed by atoms with Gasteiger partial charge in [0.25, 0.3) is 0 Å². The lowest BCUT2D eigenvalue weighted by Crippen LogP contribution is -2.52. The summed E-state index contributed by atoms with van der Waals surface area (Å²) in [4.78, 5) is -0.318. The monoisotopic (exact) mass is 344 g/mol. The van der Waals surface area contributed by atoms with Gasteiger partial charge in [-0.2, -0.15) is 17.5 Å². The Morgan fingerprint density at radius 3 is 2.57 bits per heavy atom. The first-order chi connectivity index (χ1) is 9.23. The van der Waals surface area contributed by atoms with Gasteiger partial charge in [0.2, 0.25) is 10.0 Å². The molecule has 0 bridgehead atoms. The summed E-state index contributed by atoms with van der Waals surface area (Å²) in [6.45, 7) is 2.94. The predicted molar refractivity (Wildman–Crippen MR) is 74.9 cm³/mol. The molecule has 1 saturated heterocycles.